The molecule has 2 amide bonds. The molecule has 1 aliphatic heterocycles. The first kappa shape index (κ1) is 27.3. The number of amides is 2. The first-order chi connectivity index (χ1) is 19.4. The fraction of sp³-hybridized carbons (Fsp3) is 0.226. The number of hydrogen-bond acceptors (Lipinski definition) is 5. The van der Waals surface area contributed by atoms with Crippen LogP contribution in [-0.2, 0) is 4.79 Å². The van der Waals surface area contributed by atoms with E-state index in [2.05, 4.69) is 15.1 Å². The van der Waals surface area contributed by atoms with Crippen molar-refractivity contribution in [2.24, 2.45) is 0 Å². The average molecular weight is 558 g/mol. The fourth-order valence-corrected chi connectivity index (χ4v) is 5.02. The number of anilines is 1. The van der Waals surface area contributed by atoms with Crippen molar-refractivity contribution >= 4 is 29.2 Å². The highest BCUT2D eigenvalue weighted by Gasteiger charge is 2.29. The van der Waals surface area contributed by atoms with Gasteiger partial charge < -0.3 is 14.7 Å². The van der Waals surface area contributed by atoms with Crippen LogP contribution in [0, 0.1) is 5.82 Å². The van der Waals surface area contributed by atoms with Crippen molar-refractivity contribution in [3.63, 3.8) is 0 Å². The second-order valence-electron chi connectivity index (χ2n) is 9.65. The summed E-state index contributed by atoms with van der Waals surface area (Å²) in [6, 6.07) is 25.9. The van der Waals surface area contributed by atoms with Gasteiger partial charge in [0.1, 0.15) is 12.4 Å². The number of piperazine rings is 1. The van der Waals surface area contributed by atoms with Gasteiger partial charge in [-0.3, -0.25) is 9.59 Å². The van der Waals surface area contributed by atoms with Gasteiger partial charge in [0.15, 0.2) is 5.82 Å². The van der Waals surface area contributed by atoms with Gasteiger partial charge in [-0.1, -0.05) is 60.1 Å². The molecule has 1 fully saturated rings. The van der Waals surface area contributed by atoms with E-state index in [0.717, 1.165) is 16.9 Å². The lowest BCUT2D eigenvalue weighted by Gasteiger charge is -2.37. The Morgan fingerprint density at radius 2 is 1.55 bits per heavy atom. The molecule has 0 unspecified atom stereocenters. The number of benzene rings is 3. The number of hydrogen-bond donors (Lipinski definition) is 0. The van der Waals surface area contributed by atoms with Crippen LogP contribution >= 0.6 is 11.6 Å². The Kier molecular flexibility index (Phi) is 8.36. The number of aromatic nitrogens is 2. The molecule has 4 aromatic rings. The topological polar surface area (TPSA) is 69.6 Å². The Labute approximate surface area is 237 Å². The first-order valence-corrected chi connectivity index (χ1v) is 13.5. The third kappa shape index (κ3) is 6.13. The molecule has 40 heavy (non-hydrogen) atoms. The SMILES string of the molecule is C[C@@H](c1ccccc1)N(CC(=O)N1CCN(c2ccc(-c3ccccc3Cl)nn2)CC1)C(=O)c1ccc(F)cc1. The summed E-state index contributed by atoms with van der Waals surface area (Å²) >= 11 is 6.29. The highest BCUT2D eigenvalue weighted by molar-refractivity contribution is 6.33. The Morgan fingerprint density at radius 1 is 0.875 bits per heavy atom. The number of nitrogens with zero attached hydrogens (tertiary/aromatic N) is 5. The maximum Gasteiger partial charge on any atom is 0.254 e. The Bertz CT molecular complexity index is 1460. The zero-order chi connectivity index (χ0) is 28.1. The van der Waals surface area contributed by atoms with Crippen LogP contribution in [0.15, 0.2) is 91.0 Å². The van der Waals surface area contributed by atoms with E-state index in [1.54, 1.807) is 9.80 Å². The average Bonchev–Trinajstić information content (AvgIpc) is 3.00. The second-order valence-corrected chi connectivity index (χ2v) is 10.1. The minimum Gasteiger partial charge on any atom is -0.352 e. The summed E-state index contributed by atoms with van der Waals surface area (Å²) in [5, 5.41) is 9.36. The van der Waals surface area contributed by atoms with Gasteiger partial charge in [-0.25, -0.2) is 4.39 Å². The molecule has 0 saturated carbocycles. The van der Waals surface area contributed by atoms with Crippen LogP contribution in [0.25, 0.3) is 11.3 Å². The Balaban J connectivity index is 1.25. The maximum atomic E-state index is 13.5. The van der Waals surface area contributed by atoms with Crippen molar-refractivity contribution in [2.75, 3.05) is 37.6 Å². The molecule has 2 heterocycles. The summed E-state index contributed by atoms with van der Waals surface area (Å²) in [5.74, 6) is -0.152. The molecule has 1 atom stereocenters. The van der Waals surface area contributed by atoms with Gasteiger partial charge in [0.25, 0.3) is 5.91 Å². The molecule has 204 valence electrons. The van der Waals surface area contributed by atoms with Crippen molar-refractivity contribution in [2.45, 2.75) is 13.0 Å². The smallest absolute Gasteiger partial charge is 0.254 e. The summed E-state index contributed by atoms with van der Waals surface area (Å²) in [6.45, 7) is 3.97. The minimum absolute atomic E-state index is 0.0847. The van der Waals surface area contributed by atoms with Crippen LogP contribution in [-0.4, -0.2) is 64.5 Å². The maximum absolute atomic E-state index is 13.5. The highest BCUT2D eigenvalue weighted by Crippen LogP contribution is 2.27. The first-order valence-electron chi connectivity index (χ1n) is 13.1. The van der Waals surface area contributed by atoms with Gasteiger partial charge in [0.2, 0.25) is 5.91 Å². The standard InChI is InChI=1S/C31H29ClFN5O2/c1-22(23-7-3-2-4-8-23)38(31(40)24-11-13-25(33)14-12-24)21-30(39)37-19-17-36(18-20-37)29-16-15-28(34-35-29)26-9-5-6-10-27(26)32/h2-16,22H,17-21H2,1H3/t22-/m0/s1. The summed E-state index contributed by atoms with van der Waals surface area (Å²) in [4.78, 5) is 32.3. The van der Waals surface area contributed by atoms with Gasteiger partial charge in [0, 0.05) is 37.3 Å². The lowest BCUT2D eigenvalue weighted by Crippen LogP contribution is -2.52. The van der Waals surface area contributed by atoms with Gasteiger partial charge in [-0.05, 0) is 55.0 Å². The highest BCUT2D eigenvalue weighted by atomic mass is 35.5. The van der Waals surface area contributed by atoms with Gasteiger partial charge in [-0.15, -0.1) is 10.2 Å². The van der Waals surface area contributed by atoms with Crippen LogP contribution < -0.4 is 4.90 Å². The van der Waals surface area contributed by atoms with E-state index in [1.807, 2.05) is 73.7 Å². The fourth-order valence-electron chi connectivity index (χ4n) is 4.79. The van der Waals surface area contributed by atoms with Gasteiger partial charge in [0.05, 0.1) is 16.8 Å². The van der Waals surface area contributed by atoms with Crippen LogP contribution in [0.4, 0.5) is 10.2 Å². The minimum atomic E-state index is -0.420. The van der Waals surface area contributed by atoms with Crippen molar-refractivity contribution < 1.29 is 14.0 Å². The van der Waals surface area contributed by atoms with E-state index >= 15 is 0 Å². The molecule has 1 aromatic heterocycles. The molecule has 3 aromatic carbocycles. The largest absolute Gasteiger partial charge is 0.352 e. The van der Waals surface area contributed by atoms with Crippen molar-refractivity contribution in [1.82, 2.24) is 20.0 Å². The zero-order valence-corrected chi connectivity index (χ0v) is 22.8. The van der Waals surface area contributed by atoms with E-state index < -0.39 is 5.82 Å². The van der Waals surface area contributed by atoms with E-state index in [0.29, 0.717) is 42.5 Å². The normalized spacial score (nSPS) is 14.1. The predicted octanol–water partition coefficient (Wildman–Crippen LogP) is 5.49. The monoisotopic (exact) mass is 557 g/mol. The van der Waals surface area contributed by atoms with Crippen LogP contribution in [0.3, 0.4) is 0 Å². The van der Waals surface area contributed by atoms with E-state index in [1.165, 1.54) is 24.3 Å². The Morgan fingerprint density at radius 3 is 2.20 bits per heavy atom. The molecule has 1 saturated heterocycles. The zero-order valence-electron chi connectivity index (χ0n) is 22.1. The molecule has 5 rings (SSSR count). The van der Waals surface area contributed by atoms with Crippen molar-refractivity contribution in [3.05, 3.63) is 113 Å². The van der Waals surface area contributed by atoms with Crippen LogP contribution in [0.5, 0.6) is 0 Å². The van der Waals surface area contributed by atoms with E-state index in [4.69, 9.17) is 11.6 Å². The van der Waals surface area contributed by atoms with Crippen molar-refractivity contribution in [3.8, 4) is 11.3 Å². The van der Waals surface area contributed by atoms with Gasteiger partial charge in [-0.2, -0.15) is 0 Å². The summed E-state index contributed by atoms with van der Waals surface area (Å²) in [6.07, 6.45) is 0. The lowest BCUT2D eigenvalue weighted by atomic mass is 10.1. The number of rotatable bonds is 7. The van der Waals surface area contributed by atoms with Crippen LogP contribution in [0.2, 0.25) is 5.02 Å². The second kappa shape index (κ2) is 12.3. The number of halogens is 2. The van der Waals surface area contributed by atoms with E-state index in [9.17, 15) is 14.0 Å². The quantitative estimate of drug-likeness (QED) is 0.301. The molecule has 0 radical (unpaired) electrons. The summed E-state index contributed by atoms with van der Waals surface area (Å²) < 4.78 is 13.5. The molecule has 7 nitrogen and oxygen atoms in total. The molecule has 0 N–H and O–H groups in total. The van der Waals surface area contributed by atoms with Crippen molar-refractivity contribution in [1.29, 1.82) is 0 Å². The predicted molar refractivity (Wildman–Crippen MR) is 154 cm³/mol. The van der Waals surface area contributed by atoms with Gasteiger partial charge >= 0.3 is 0 Å². The summed E-state index contributed by atoms with van der Waals surface area (Å²) in [7, 11) is 0. The Hall–Kier alpha value is -4.30. The molecule has 0 aliphatic carbocycles. The van der Waals surface area contributed by atoms with E-state index in [-0.39, 0.29) is 24.4 Å². The molecule has 0 spiro atoms. The number of carbonyl (C=O) groups excluding carboxylic acids is 2. The number of carbonyl (C=O) groups is 2. The third-order valence-electron chi connectivity index (χ3n) is 7.16. The molecular weight excluding hydrogens is 529 g/mol. The summed E-state index contributed by atoms with van der Waals surface area (Å²) in [5.41, 5.74) is 2.76. The third-order valence-corrected chi connectivity index (χ3v) is 7.49. The molecular formula is C31H29ClFN5O2. The van der Waals surface area contributed by atoms with Crippen LogP contribution in [0.1, 0.15) is 28.9 Å². The molecule has 9 heteroatoms. The molecule has 1 aliphatic rings. The molecule has 0 bridgehead atoms. The lowest BCUT2D eigenvalue weighted by molar-refractivity contribution is -0.132.